The minimum atomic E-state index is 0.108. The molecule has 102 valence electrons. The maximum Gasteiger partial charge on any atom is 0.0964 e. The molecule has 5 nitrogen and oxygen atoms in total. The van der Waals surface area contributed by atoms with Crippen molar-refractivity contribution in [2.45, 2.75) is 45.7 Å². The third-order valence-electron chi connectivity index (χ3n) is 3.79. The van der Waals surface area contributed by atoms with Crippen LogP contribution in [0.3, 0.4) is 0 Å². The van der Waals surface area contributed by atoms with Crippen LogP contribution in [0.25, 0.3) is 0 Å². The highest BCUT2D eigenvalue weighted by atomic mass is 16.3. The van der Waals surface area contributed by atoms with Crippen LogP contribution >= 0.6 is 0 Å². The van der Waals surface area contributed by atoms with Crippen LogP contribution in [0, 0.1) is 11.8 Å². The smallest absolute Gasteiger partial charge is 0.0964 e. The van der Waals surface area contributed by atoms with E-state index in [1.165, 1.54) is 25.7 Å². The lowest BCUT2D eigenvalue weighted by molar-refractivity contribution is 0.268. The zero-order valence-electron chi connectivity index (χ0n) is 11.2. The van der Waals surface area contributed by atoms with Crippen molar-refractivity contribution in [3.8, 4) is 0 Å². The number of nitrogens with zero attached hydrogens (tertiary/aromatic N) is 3. The molecule has 18 heavy (non-hydrogen) atoms. The van der Waals surface area contributed by atoms with Crippen molar-refractivity contribution in [2.24, 2.45) is 11.8 Å². The fourth-order valence-corrected chi connectivity index (χ4v) is 2.57. The average molecular weight is 252 g/mol. The van der Waals surface area contributed by atoms with E-state index >= 15 is 0 Å². The Hall–Kier alpha value is -0.940. The first-order valence-electron chi connectivity index (χ1n) is 6.98. The molecule has 1 aliphatic carbocycles. The van der Waals surface area contributed by atoms with E-state index in [4.69, 9.17) is 5.11 Å². The van der Waals surface area contributed by atoms with Gasteiger partial charge in [0.2, 0.25) is 0 Å². The molecule has 5 heteroatoms. The van der Waals surface area contributed by atoms with Crippen molar-refractivity contribution < 1.29 is 5.11 Å². The summed E-state index contributed by atoms with van der Waals surface area (Å²) in [6.45, 7) is 4.84. The molecule has 2 N–H and O–H groups in total. The molecule has 0 radical (unpaired) electrons. The third kappa shape index (κ3) is 4.07. The molecule has 1 fully saturated rings. The summed E-state index contributed by atoms with van der Waals surface area (Å²) in [4.78, 5) is 0. The predicted molar refractivity (Wildman–Crippen MR) is 69.9 cm³/mol. The molecule has 0 aromatic carbocycles. The van der Waals surface area contributed by atoms with Gasteiger partial charge in [0.05, 0.1) is 18.8 Å². The normalized spacial score (nSPS) is 24.3. The second kappa shape index (κ2) is 6.85. The van der Waals surface area contributed by atoms with Crippen molar-refractivity contribution in [1.29, 1.82) is 0 Å². The molecule has 1 aromatic rings. The summed E-state index contributed by atoms with van der Waals surface area (Å²) in [5.74, 6) is 1.74. The van der Waals surface area contributed by atoms with E-state index < -0.39 is 0 Å². The number of nitrogens with one attached hydrogen (secondary N) is 1. The van der Waals surface area contributed by atoms with Crippen molar-refractivity contribution in [3.05, 3.63) is 11.9 Å². The molecule has 0 bridgehead atoms. The maximum atomic E-state index is 8.79. The van der Waals surface area contributed by atoms with Crippen LogP contribution in [-0.4, -0.2) is 33.3 Å². The highest BCUT2D eigenvalue weighted by Crippen LogP contribution is 2.27. The minimum Gasteiger partial charge on any atom is -0.394 e. The Morgan fingerprint density at radius 1 is 1.39 bits per heavy atom. The number of aromatic nitrogens is 3. The van der Waals surface area contributed by atoms with Crippen LogP contribution in [0.4, 0.5) is 0 Å². The molecule has 2 rings (SSSR count). The Labute approximate surface area is 109 Å². The van der Waals surface area contributed by atoms with Gasteiger partial charge in [0.15, 0.2) is 0 Å². The number of aliphatic hydroxyl groups excluding tert-OH is 1. The predicted octanol–water partition coefficient (Wildman–Crippen LogP) is 1.19. The fourth-order valence-electron chi connectivity index (χ4n) is 2.57. The Morgan fingerprint density at radius 3 is 2.89 bits per heavy atom. The van der Waals surface area contributed by atoms with Crippen LogP contribution in [0.2, 0.25) is 0 Å². The SMILES string of the molecule is CC1CCC(CNCc2cn(CCO)nn2)CC1. The molecule has 0 atom stereocenters. The van der Waals surface area contributed by atoms with E-state index in [0.717, 1.165) is 30.6 Å². The van der Waals surface area contributed by atoms with E-state index in [1.807, 2.05) is 6.20 Å². The van der Waals surface area contributed by atoms with Crippen molar-refractivity contribution in [1.82, 2.24) is 20.3 Å². The van der Waals surface area contributed by atoms with Gasteiger partial charge >= 0.3 is 0 Å². The summed E-state index contributed by atoms with van der Waals surface area (Å²) < 4.78 is 1.68. The zero-order valence-corrected chi connectivity index (χ0v) is 11.2. The lowest BCUT2D eigenvalue weighted by Crippen LogP contribution is -2.25. The fraction of sp³-hybridized carbons (Fsp3) is 0.846. The lowest BCUT2D eigenvalue weighted by atomic mass is 9.83. The van der Waals surface area contributed by atoms with Crippen LogP contribution in [-0.2, 0) is 13.1 Å². The largest absolute Gasteiger partial charge is 0.394 e. The summed E-state index contributed by atoms with van der Waals surface area (Å²) >= 11 is 0. The Bertz CT molecular complexity index is 345. The molecule has 0 saturated heterocycles. The second-order valence-corrected chi connectivity index (χ2v) is 5.45. The van der Waals surface area contributed by atoms with Crippen LogP contribution in [0.1, 0.15) is 38.3 Å². The van der Waals surface area contributed by atoms with Crippen LogP contribution < -0.4 is 5.32 Å². The van der Waals surface area contributed by atoms with E-state index in [0.29, 0.717) is 6.54 Å². The van der Waals surface area contributed by atoms with Crippen LogP contribution in [0.5, 0.6) is 0 Å². The van der Waals surface area contributed by atoms with Crippen LogP contribution in [0.15, 0.2) is 6.20 Å². The second-order valence-electron chi connectivity index (χ2n) is 5.45. The standard InChI is InChI=1S/C13H24N4O/c1-11-2-4-12(5-3-11)8-14-9-13-10-17(6-7-18)16-15-13/h10-12,14,18H,2-9H2,1H3. The summed E-state index contributed by atoms with van der Waals surface area (Å²) in [6, 6.07) is 0. The van der Waals surface area contributed by atoms with Gasteiger partial charge in [-0.2, -0.15) is 0 Å². The van der Waals surface area contributed by atoms with Crippen molar-refractivity contribution >= 4 is 0 Å². The van der Waals surface area contributed by atoms with Gasteiger partial charge in [-0.1, -0.05) is 25.0 Å². The maximum absolute atomic E-state index is 8.79. The average Bonchev–Trinajstić information content (AvgIpc) is 2.80. The van der Waals surface area contributed by atoms with E-state index in [1.54, 1.807) is 4.68 Å². The lowest BCUT2D eigenvalue weighted by Gasteiger charge is -2.26. The molecule has 1 aliphatic rings. The Kier molecular flexibility index (Phi) is 5.13. The van der Waals surface area contributed by atoms with Gasteiger partial charge < -0.3 is 10.4 Å². The molecule has 0 unspecified atom stereocenters. The highest BCUT2D eigenvalue weighted by molar-refractivity contribution is 4.91. The molecule has 0 spiro atoms. The number of hydrogen-bond donors (Lipinski definition) is 2. The van der Waals surface area contributed by atoms with Crippen molar-refractivity contribution in [3.63, 3.8) is 0 Å². The highest BCUT2D eigenvalue weighted by Gasteiger charge is 2.17. The molecular formula is C13H24N4O. The van der Waals surface area contributed by atoms with Gasteiger partial charge in [-0.15, -0.1) is 5.10 Å². The first kappa shape index (κ1) is 13.5. The van der Waals surface area contributed by atoms with Gasteiger partial charge in [-0.25, -0.2) is 4.68 Å². The van der Waals surface area contributed by atoms with Gasteiger partial charge in [-0.3, -0.25) is 0 Å². The number of aliphatic hydroxyl groups is 1. The first-order chi connectivity index (χ1) is 8.78. The first-order valence-corrected chi connectivity index (χ1v) is 6.98. The third-order valence-corrected chi connectivity index (χ3v) is 3.79. The minimum absolute atomic E-state index is 0.108. The Morgan fingerprint density at radius 2 is 2.17 bits per heavy atom. The molecule has 0 amide bonds. The molecular weight excluding hydrogens is 228 g/mol. The van der Waals surface area contributed by atoms with E-state index in [-0.39, 0.29) is 6.61 Å². The quantitative estimate of drug-likeness (QED) is 0.798. The summed E-state index contributed by atoms with van der Waals surface area (Å²) in [5, 5.41) is 20.3. The van der Waals surface area contributed by atoms with Crippen molar-refractivity contribution in [2.75, 3.05) is 13.2 Å². The van der Waals surface area contributed by atoms with Gasteiger partial charge in [0.1, 0.15) is 0 Å². The molecule has 0 aliphatic heterocycles. The monoisotopic (exact) mass is 252 g/mol. The molecule has 1 heterocycles. The number of rotatable bonds is 6. The summed E-state index contributed by atoms with van der Waals surface area (Å²) in [6.07, 6.45) is 7.35. The van der Waals surface area contributed by atoms with Gasteiger partial charge in [-0.05, 0) is 31.2 Å². The number of hydrogen-bond acceptors (Lipinski definition) is 4. The zero-order chi connectivity index (χ0) is 12.8. The van der Waals surface area contributed by atoms with Gasteiger partial charge in [0.25, 0.3) is 0 Å². The van der Waals surface area contributed by atoms with E-state index in [2.05, 4.69) is 22.6 Å². The Balaban J connectivity index is 1.65. The summed E-state index contributed by atoms with van der Waals surface area (Å²) in [7, 11) is 0. The summed E-state index contributed by atoms with van der Waals surface area (Å²) in [5.41, 5.74) is 0.952. The van der Waals surface area contributed by atoms with Gasteiger partial charge in [0, 0.05) is 12.7 Å². The topological polar surface area (TPSA) is 63.0 Å². The molecule has 1 aromatic heterocycles. The van der Waals surface area contributed by atoms with E-state index in [9.17, 15) is 0 Å². The molecule has 1 saturated carbocycles.